The van der Waals surface area contributed by atoms with Crippen LogP contribution in [0.1, 0.15) is 0 Å². The molecular formula is C5H7NO5. The molecule has 0 rings (SSSR count). The predicted molar refractivity (Wildman–Crippen MR) is 32.7 cm³/mol. The molecule has 0 aliphatic carbocycles. The fourth-order valence-corrected chi connectivity index (χ4v) is 0.391. The third-order valence-electron chi connectivity index (χ3n) is 0.904. The van der Waals surface area contributed by atoms with Gasteiger partial charge >= 0.3 is 5.97 Å². The van der Waals surface area contributed by atoms with Gasteiger partial charge in [-0.2, -0.15) is 0 Å². The number of aliphatic hydroxyl groups is 1. The maximum absolute atomic E-state index is 10.2. The first-order valence-electron chi connectivity index (χ1n) is 2.71. The third-order valence-corrected chi connectivity index (χ3v) is 0.904. The van der Waals surface area contributed by atoms with Crippen LogP contribution in [0.4, 0.5) is 0 Å². The summed E-state index contributed by atoms with van der Waals surface area (Å²) in [6, 6.07) is -1.41. The number of carbonyl (C=O) groups is 3. The van der Waals surface area contributed by atoms with E-state index in [4.69, 9.17) is 10.2 Å². The van der Waals surface area contributed by atoms with Crippen molar-refractivity contribution in [3.05, 3.63) is 0 Å². The van der Waals surface area contributed by atoms with Gasteiger partial charge in [0.2, 0.25) is 6.29 Å². The van der Waals surface area contributed by atoms with Gasteiger partial charge in [-0.15, -0.1) is 0 Å². The van der Waals surface area contributed by atoms with E-state index in [2.05, 4.69) is 0 Å². The van der Waals surface area contributed by atoms with Crippen LogP contribution in [0.15, 0.2) is 0 Å². The molecule has 0 aliphatic rings. The van der Waals surface area contributed by atoms with Gasteiger partial charge in [-0.05, 0) is 0 Å². The molecule has 1 unspecified atom stereocenters. The minimum Gasteiger partial charge on any atom is -0.480 e. The van der Waals surface area contributed by atoms with Gasteiger partial charge in [0.25, 0.3) is 5.91 Å². The number of amides is 1. The first kappa shape index (κ1) is 9.57. The molecule has 11 heavy (non-hydrogen) atoms. The molecule has 3 N–H and O–H groups in total. The van der Waals surface area contributed by atoms with E-state index in [1.165, 1.54) is 0 Å². The van der Waals surface area contributed by atoms with Crippen molar-refractivity contribution < 1.29 is 24.6 Å². The van der Waals surface area contributed by atoms with Crippen LogP contribution in [0, 0.1) is 0 Å². The predicted octanol–water partition coefficient (Wildman–Crippen LogP) is -2.25. The number of aldehydes is 1. The van der Waals surface area contributed by atoms with E-state index in [0.29, 0.717) is 0 Å². The van der Waals surface area contributed by atoms with Crippen LogP contribution in [0.5, 0.6) is 0 Å². The molecule has 0 radical (unpaired) electrons. The van der Waals surface area contributed by atoms with Crippen molar-refractivity contribution in [2.75, 3.05) is 6.61 Å². The largest absolute Gasteiger partial charge is 0.480 e. The number of nitrogens with one attached hydrogen (secondary N) is 1. The average molecular weight is 161 g/mol. The van der Waals surface area contributed by atoms with Gasteiger partial charge in [0, 0.05) is 0 Å². The van der Waals surface area contributed by atoms with Crippen molar-refractivity contribution in [3.8, 4) is 0 Å². The number of carboxylic acids is 1. The Morgan fingerprint density at radius 3 is 2.36 bits per heavy atom. The molecule has 0 saturated heterocycles. The lowest BCUT2D eigenvalue weighted by Crippen LogP contribution is -2.43. The summed E-state index contributed by atoms with van der Waals surface area (Å²) in [5.41, 5.74) is 0. The van der Waals surface area contributed by atoms with Crippen LogP contribution >= 0.6 is 0 Å². The molecule has 0 heterocycles. The summed E-state index contributed by atoms with van der Waals surface area (Å²) in [5.74, 6) is -2.45. The lowest BCUT2D eigenvalue weighted by molar-refractivity contribution is -0.143. The fourth-order valence-electron chi connectivity index (χ4n) is 0.391. The van der Waals surface area contributed by atoms with Crippen LogP contribution < -0.4 is 5.32 Å². The lowest BCUT2D eigenvalue weighted by atomic mass is 10.3. The van der Waals surface area contributed by atoms with Crippen molar-refractivity contribution in [2.45, 2.75) is 6.04 Å². The second-order valence-electron chi connectivity index (χ2n) is 1.70. The fraction of sp³-hybridized carbons (Fsp3) is 0.400. The second kappa shape index (κ2) is 4.40. The quantitative estimate of drug-likeness (QED) is 0.319. The van der Waals surface area contributed by atoms with Crippen molar-refractivity contribution in [1.82, 2.24) is 5.32 Å². The van der Waals surface area contributed by atoms with E-state index in [1.807, 2.05) is 0 Å². The van der Waals surface area contributed by atoms with Crippen LogP contribution in [0.2, 0.25) is 0 Å². The molecule has 0 spiro atoms. The standard InChI is InChI=1S/C5H7NO5/c7-1-3(5(10)11)6-4(9)2-8/h2-3,7H,1H2,(H,6,9)(H,10,11). The van der Waals surface area contributed by atoms with Gasteiger partial charge in [-0.3, -0.25) is 9.59 Å². The van der Waals surface area contributed by atoms with E-state index in [0.717, 1.165) is 0 Å². The Hall–Kier alpha value is -1.43. The zero-order valence-electron chi connectivity index (χ0n) is 5.48. The molecule has 1 atom stereocenters. The van der Waals surface area contributed by atoms with Gasteiger partial charge in [-0.25, -0.2) is 4.79 Å². The molecule has 0 bridgehead atoms. The monoisotopic (exact) mass is 161 g/mol. The number of hydrogen-bond acceptors (Lipinski definition) is 4. The van der Waals surface area contributed by atoms with Gasteiger partial charge in [0.15, 0.2) is 6.04 Å². The number of carboxylic acid groups (broad SMARTS) is 1. The van der Waals surface area contributed by atoms with Crippen LogP contribution in [-0.4, -0.2) is 41.0 Å². The van der Waals surface area contributed by atoms with E-state index in [9.17, 15) is 14.4 Å². The van der Waals surface area contributed by atoms with Crippen LogP contribution in [0.3, 0.4) is 0 Å². The molecule has 0 fully saturated rings. The summed E-state index contributed by atoms with van der Waals surface area (Å²) in [7, 11) is 0. The van der Waals surface area contributed by atoms with Crippen molar-refractivity contribution >= 4 is 18.2 Å². The van der Waals surface area contributed by atoms with Crippen molar-refractivity contribution in [2.24, 2.45) is 0 Å². The zero-order valence-corrected chi connectivity index (χ0v) is 5.48. The van der Waals surface area contributed by atoms with E-state index >= 15 is 0 Å². The molecule has 0 aromatic heterocycles. The summed E-state index contributed by atoms with van der Waals surface area (Å²) >= 11 is 0. The SMILES string of the molecule is O=CC(=O)NC(CO)C(=O)O. The van der Waals surface area contributed by atoms with Crippen LogP contribution in [0.25, 0.3) is 0 Å². The van der Waals surface area contributed by atoms with Crippen LogP contribution in [-0.2, 0) is 14.4 Å². The highest BCUT2D eigenvalue weighted by Crippen LogP contribution is 1.80. The normalized spacial score (nSPS) is 11.7. The Balaban J connectivity index is 3.97. The lowest BCUT2D eigenvalue weighted by Gasteiger charge is -2.07. The number of aliphatic carboxylic acids is 1. The van der Waals surface area contributed by atoms with Gasteiger partial charge in [0.05, 0.1) is 6.61 Å². The van der Waals surface area contributed by atoms with E-state index in [-0.39, 0.29) is 6.29 Å². The minimum atomic E-state index is -1.41. The molecular weight excluding hydrogens is 154 g/mol. The van der Waals surface area contributed by atoms with Gasteiger partial charge < -0.3 is 15.5 Å². The highest BCUT2D eigenvalue weighted by atomic mass is 16.4. The Labute approximate surface area is 61.8 Å². The topological polar surface area (TPSA) is 104 Å². The summed E-state index contributed by atoms with van der Waals surface area (Å²) < 4.78 is 0. The molecule has 0 aromatic carbocycles. The Bertz CT molecular complexity index is 178. The van der Waals surface area contributed by atoms with Crippen molar-refractivity contribution in [3.63, 3.8) is 0 Å². The van der Waals surface area contributed by atoms with Gasteiger partial charge in [-0.1, -0.05) is 0 Å². The van der Waals surface area contributed by atoms with E-state index < -0.39 is 24.5 Å². The number of aliphatic hydroxyl groups excluding tert-OH is 1. The molecule has 6 nitrogen and oxygen atoms in total. The van der Waals surface area contributed by atoms with Gasteiger partial charge in [0.1, 0.15) is 0 Å². The summed E-state index contributed by atoms with van der Waals surface area (Å²) in [6.07, 6.45) is -0.0639. The molecule has 6 heteroatoms. The molecule has 0 saturated carbocycles. The molecule has 62 valence electrons. The Morgan fingerprint density at radius 2 is 2.09 bits per heavy atom. The Morgan fingerprint density at radius 1 is 1.55 bits per heavy atom. The third kappa shape index (κ3) is 3.31. The summed E-state index contributed by atoms with van der Waals surface area (Å²) in [4.78, 5) is 30.0. The number of carbonyl (C=O) groups excluding carboxylic acids is 2. The maximum Gasteiger partial charge on any atom is 0.328 e. The number of rotatable bonds is 4. The van der Waals surface area contributed by atoms with E-state index in [1.54, 1.807) is 5.32 Å². The maximum atomic E-state index is 10.2. The first-order chi connectivity index (χ1) is 5.11. The highest BCUT2D eigenvalue weighted by molar-refractivity contribution is 6.24. The minimum absolute atomic E-state index is 0.0639. The summed E-state index contributed by atoms with van der Waals surface area (Å²) in [5, 5.41) is 18.3. The summed E-state index contributed by atoms with van der Waals surface area (Å²) in [6.45, 7) is -0.741. The zero-order chi connectivity index (χ0) is 8.85. The second-order valence-corrected chi connectivity index (χ2v) is 1.70. The molecule has 0 aliphatic heterocycles. The molecule has 0 aromatic rings. The highest BCUT2D eigenvalue weighted by Gasteiger charge is 2.17. The number of hydrogen-bond donors (Lipinski definition) is 3. The first-order valence-corrected chi connectivity index (χ1v) is 2.71. The molecule has 1 amide bonds. The Kier molecular flexibility index (Phi) is 3.82. The smallest absolute Gasteiger partial charge is 0.328 e. The van der Waals surface area contributed by atoms with Crippen molar-refractivity contribution in [1.29, 1.82) is 0 Å². The average Bonchev–Trinajstić information content (AvgIpc) is 1.99.